The van der Waals surface area contributed by atoms with Gasteiger partial charge in [0.1, 0.15) is 5.84 Å². The molecular formula is C25H25N3O. The van der Waals surface area contributed by atoms with Gasteiger partial charge >= 0.3 is 6.03 Å². The van der Waals surface area contributed by atoms with Gasteiger partial charge in [-0.25, -0.2) is 9.79 Å². The second kappa shape index (κ2) is 10.0. The molecule has 0 heterocycles. The third-order valence-corrected chi connectivity index (χ3v) is 4.10. The molecule has 0 aliphatic heterocycles. The Labute approximate surface area is 172 Å². The third-order valence-electron chi connectivity index (χ3n) is 4.10. The fourth-order valence-corrected chi connectivity index (χ4v) is 2.78. The predicted molar refractivity (Wildman–Crippen MR) is 121 cm³/mol. The third kappa shape index (κ3) is 6.18. The van der Waals surface area contributed by atoms with E-state index in [-0.39, 0.29) is 12.1 Å². The van der Waals surface area contributed by atoms with E-state index >= 15 is 0 Å². The van der Waals surface area contributed by atoms with Crippen LogP contribution in [0, 0.1) is 0 Å². The summed E-state index contributed by atoms with van der Waals surface area (Å²) in [6.07, 6.45) is 2.01. The topological polar surface area (TPSA) is 53.5 Å². The van der Waals surface area contributed by atoms with Crippen LogP contribution in [0.2, 0.25) is 0 Å². The number of urea groups is 1. The zero-order valence-electron chi connectivity index (χ0n) is 16.7. The van der Waals surface area contributed by atoms with Crippen molar-refractivity contribution in [3.63, 3.8) is 0 Å². The van der Waals surface area contributed by atoms with Crippen LogP contribution in [0.1, 0.15) is 30.5 Å². The van der Waals surface area contributed by atoms with Gasteiger partial charge in [-0.1, -0.05) is 91.0 Å². The number of amides is 2. The van der Waals surface area contributed by atoms with Crippen molar-refractivity contribution in [2.24, 2.45) is 4.99 Å². The van der Waals surface area contributed by atoms with Crippen molar-refractivity contribution >= 4 is 23.6 Å². The number of nitrogens with zero attached hydrogens (tertiary/aromatic N) is 1. The van der Waals surface area contributed by atoms with E-state index in [0.717, 1.165) is 22.4 Å². The minimum Gasteiger partial charge on any atom is -0.336 e. The fraction of sp³-hybridized carbons (Fsp3) is 0.120. The SMILES string of the molecule is CC(C)NC(=O)NC(=N/C(=C/c1ccccc1)c1ccccc1)c1ccccc1. The Bertz CT molecular complexity index is 978. The summed E-state index contributed by atoms with van der Waals surface area (Å²) in [4.78, 5) is 17.3. The quantitative estimate of drug-likeness (QED) is 0.349. The molecule has 3 aromatic carbocycles. The number of aliphatic imine (C=N–C) groups is 1. The van der Waals surface area contributed by atoms with Crippen molar-refractivity contribution in [2.75, 3.05) is 0 Å². The molecule has 0 bridgehead atoms. The Kier molecular flexibility index (Phi) is 6.95. The summed E-state index contributed by atoms with van der Waals surface area (Å²) < 4.78 is 0. The van der Waals surface area contributed by atoms with Gasteiger partial charge in [-0.2, -0.15) is 0 Å². The van der Waals surface area contributed by atoms with E-state index in [9.17, 15) is 4.79 Å². The van der Waals surface area contributed by atoms with Gasteiger partial charge in [-0.05, 0) is 25.5 Å². The van der Waals surface area contributed by atoms with Crippen LogP contribution in [0.5, 0.6) is 0 Å². The van der Waals surface area contributed by atoms with Gasteiger partial charge < -0.3 is 5.32 Å². The summed E-state index contributed by atoms with van der Waals surface area (Å²) in [6.45, 7) is 3.84. The summed E-state index contributed by atoms with van der Waals surface area (Å²) in [7, 11) is 0. The number of carbonyl (C=O) groups excluding carboxylic acids is 1. The van der Waals surface area contributed by atoms with E-state index in [1.54, 1.807) is 0 Å². The maximum Gasteiger partial charge on any atom is 0.320 e. The molecule has 0 aromatic heterocycles. The largest absolute Gasteiger partial charge is 0.336 e. The Hall–Kier alpha value is -3.66. The Morgan fingerprint density at radius 2 is 1.31 bits per heavy atom. The summed E-state index contributed by atoms with van der Waals surface area (Å²) in [5, 5.41) is 5.77. The number of nitrogens with one attached hydrogen (secondary N) is 2. The van der Waals surface area contributed by atoms with Gasteiger partial charge in [0.25, 0.3) is 0 Å². The lowest BCUT2D eigenvalue weighted by Crippen LogP contribution is -2.42. The van der Waals surface area contributed by atoms with Gasteiger partial charge in [0.05, 0.1) is 5.70 Å². The molecule has 0 atom stereocenters. The van der Waals surface area contributed by atoms with Crippen molar-refractivity contribution in [3.8, 4) is 0 Å². The van der Waals surface area contributed by atoms with Gasteiger partial charge in [0.15, 0.2) is 0 Å². The standard InChI is InChI=1S/C25H25N3O/c1-19(2)26-25(29)28-24(22-16-10-5-11-17-22)27-23(21-14-8-4-9-15-21)18-20-12-6-3-7-13-20/h3-19H,1-2H3,(H2,26,27,28,29)/b23-18+. The highest BCUT2D eigenvalue weighted by atomic mass is 16.2. The minimum absolute atomic E-state index is 0.0282. The molecule has 0 spiro atoms. The Morgan fingerprint density at radius 3 is 1.86 bits per heavy atom. The fourth-order valence-electron chi connectivity index (χ4n) is 2.78. The molecule has 0 unspecified atom stereocenters. The minimum atomic E-state index is -0.283. The number of benzene rings is 3. The van der Waals surface area contributed by atoms with E-state index in [0.29, 0.717) is 5.84 Å². The summed E-state index contributed by atoms with van der Waals surface area (Å²) in [5.74, 6) is 0.495. The van der Waals surface area contributed by atoms with E-state index in [4.69, 9.17) is 4.99 Å². The molecule has 4 heteroatoms. The Balaban J connectivity index is 2.06. The molecule has 3 rings (SSSR count). The van der Waals surface area contributed by atoms with Gasteiger partial charge in [0.2, 0.25) is 0 Å². The van der Waals surface area contributed by atoms with Crippen molar-refractivity contribution in [1.82, 2.24) is 10.6 Å². The molecule has 0 saturated carbocycles. The highest BCUT2D eigenvalue weighted by Gasteiger charge is 2.11. The molecular weight excluding hydrogens is 358 g/mol. The average molecular weight is 383 g/mol. The van der Waals surface area contributed by atoms with Crippen LogP contribution in [-0.4, -0.2) is 17.9 Å². The van der Waals surface area contributed by atoms with Gasteiger partial charge in [-0.3, -0.25) is 5.32 Å². The maximum absolute atomic E-state index is 12.4. The van der Waals surface area contributed by atoms with E-state index < -0.39 is 0 Å². The first kappa shape index (κ1) is 20.1. The maximum atomic E-state index is 12.4. The van der Waals surface area contributed by atoms with Crippen LogP contribution in [-0.2, 0) is 0 Å². The molecule has 2 N–H and O–H groups in total. The van der Waals surface area contributed by atoms with E-state index in [1.165, 1.54) is 0 Å². The van der Waals surface area contributed by atoms with Crippen LogP contribution in [0.15, 0.2) is 96.0 Å². The average Bonchev–Trinajstić information content (AvgIpc) is 2.74. The first-order valence-electron chi connectivity index (χ1n) is 9.65. The normalized spacial score (nSPS) is 12.0. The lowest BCUT2D eigenvalue weighted by atomic mass is 10.1. The molecule has 0 saturated heterocycles. The highest BCUT2D eigenvalue weighted by molar-refractivity contribution is 6.10. The molecule has 29 heavy (non-hydrogen) atoms. The van der Waals surface area contributed by atoms with Crippen molar-refractivity contribution in [2.45, 2.75) is 19.9 Å². The number of rotatable bonds is 5. The summed E-state index contributed by atoms with van der Waals surface area (Å²) in [5.41, 5.74) is 3.60. The molecule has 0 fully saturated rings. The van der Waals surface area contributed by atoms with Crippen LogP contribution in [0.3, 0.4) is 0 Å². The van der Waals surface area contributed by atoms with Crippen LogP contribution in [0.4, 0.5) is 4.79 Å². The number of hydrogen-bond donors (Lipinski definition) is 2. The molecule has 4 nitrogen and oxygen atoms in total. The molecule has 0 aliphatic rings. The second-order valence-corrected chi connectivity index (χ2v) is 6.89. The van der Waals surface area contributed by atoms with E-state index in [1.807, 2.05) is 111 Å². The molecule has 2 amide bonds. The predicted octanol–water partition coefficient (Wildman–Crippen LogP) is 5.34. The lowest BCUT2D eigenvalue weighted by molar-refractivity contribution is 0.243. The second-order valence-electron chi connectivity index (χ2n) is 6.89. The lowest BCUT2D eigenvalue weighted by Gasteiger charge is -2.14. The number of carbonyl (C=O) groups is 1. The molecule has 0 radical (unpaired) electrons. The monoisotopic (exact) mass is 383 g/mol. The van der Waals surface area contributed by atoms with E-state index in [2.05, 4.69) is 10.6 Å². The Morgan fingerprint density at radius 1 is 0.793 bits per heavy atom. The van der Waals surface area contributed by atoms with Gasteiger partial charge in [0, 0.05) is 17.2 Å². The smallest absolute Gasteiger partial charge is 0.320 e. The molecule has 3 aromatic rings. The summed E-state index contributed by atoms with van der Waals surface area (Å²) >= 11 is 0. The highest BCUT2D eigenvalue weighted by Crippen LogP contribution is 2.20. The zero-order valence-corrected chi connectivity index (χ0v) is 16.7. The van der Waals surface area contributed by atoms with Crippen molar-refractivity contribution < 1.29 is 4.79 Å². The van der Waals surface area contributed by atoms with Gasteiger partial charge in [-0.15, -0.1) is 0 Å². The van der Waals surface area contributed by atoms with Crippen LogP contribution < -0.4 is 10.6 Å². The number of hydrogen-bond acceptors (Lipinski definition) is 2. The van der Waals surface area contributed by atoms with Crippen LogP contribution >= 0.6 is 0 Å². The van der Waals surface area contributed by atoms with Crippen molar-refractivity contribution in [3.05, 3.63) is 108 Å². The van der Waals surface area contributed by atoms with Crippen molar-refractivity contribution in [1.29, 1.82) is 0 Å². The first-order valence-corrected chi connectivity index (χ1v) is 9.65. The molecule has 146 valence electrons. The number of amidine groups is 1. The first-order chi connectivity index (χ1) is 14.1. The molecule has 0 aliphatic carbocycles. The zero-order chi connectivity index (χ0) is 20.5. The van der Waals surface area contributed by atoms with Crippen LogP contribution in [0.25, 0.3) is 11.8 Å². The summed E-state index contributed by atoms with van der Waals surface area (Å²) in [6, 6.07) is 29.4.